The van der Waals surface area contributed by atoms with Gasteiger partial charge in [0.05, 0.1) is 0 Å². The Balaban J connectivity index is 2.65. The summed E-state index contributed by atoms with van der Waals surface area (Å²) in [4.78, 5) is 36.3. The lowest BCUT2D eigenvalue weighted by molar-refractivity contribution is -0.141. The van der Waals surface area contributed by atoms with Gasteiger partial charge in [-0.1, -0.05) is 0 Å². The number of aromatic amines is 1. The molecule has 1 aromatic heterocycles. The smallest absolute Gasteiger partial charge is 0.326 e. The highest BCUT2D eigenvalue weighted by Gasteiger charge is 2.21. The Morgan fingerprint density at radius 2 is 2.26 bits per heavy atom. The molecule has 0 spiro atoms. The van der Waals surface area contributed by atoms with Crippen LogP contribution in [0.3, 0.4) is 0 Å². The second-order valence-corrected chi connectivity index (χ2v) is 4.25. The summed E-state index contributed by atoms with van der Waals surface area (Å²) >= 11 is 0. The molecule has 106 valence electrons. The fourth-order valence-electron chi connectivity index (χ4n) is 1.60. The molecule has 1 aromatic rings. The van der Waals surface area contributed by atoms with Crippen LogP contribution in [-0.4, -0.2) is 39.1 Å². The van der Waals surface area contributed by atoms with Crippen molar-refractivity contribution in [3.05, 3.63) is 22.4 Å². The summed E-state index contributed by atoms with van der Waals surface area (Å²) in [7, 11) is 1.55. The van der Waals surface area contributed by atoms with Gasteiger partial charge in [0.25, 0.3) is 0 Å². The van der Waals surface area contributed by atoms with Crippen molar-refractivity contribution in [2.24, 2.45) is 12.8 Å². The number of nitrogens with zero attached hydrogens (tertiary/aromatic N) is 1. The van der Waals surface area contributed by atoms with E-state index in [1.165, 1.54) is 10.8 Å². The summed E-state index contributed by atoms with van der Waals surface area (Å²) in [6.45, 7) is 0.372. The quantitative estimate of drug-likeness (QED) is 0.482. The van der Waals surface area contributed by atoms with Crippen molar-refractivity contribution in [1.82, 2.24) is 14.9 Å². The first kappa shape index (κ1) is 15.0. The number of carboxylic acids is 1. The lowest BCUT2D eigenvalue weighted by atomic mass is 10.1. The Hall–Kier alpha value is -2.09. The summed E-state index contributed by atoms with van der Waals surface area (Å²) in [5.41, 5.74) is 5.40. The molecule has 0 fully saturated rings. The number of carboxylic acid groups (broad SMARTS) is 1. The second-order valence-electron chi connectivity index (χ2n) is 4.25. The van der Waals surface area contributed by atoms with Gasteiger partial charge in [0.2, 0.25) is 5.91 Å². The number of nitrogens with two attached hydrogens (primary N) is 1. The van der Waals surface area contributed by atoms with E-state index in [1.807, 2.05) is 0 Å². The molecule has 0 aromatic carbocycles. The van der Waals surface area contributed by atoms with Crippen LogP contribution in [-0.2, 0) is 23.1 Å². The number of imidazole rings is 1. The lowest BCUT2D eigenvalue weighted by Gasteiger charge is -2.13. The molecule has 0 bridgehead atoms. The number of aliphatic carboxylic acids is 1. The van der Waals surface area contributed by atoms with Crippen molar-refractivity contribution in [1.29, 1.82) is 0 Å². The lowest BCUT2D eigenvalue weighted by Crippen LogP contribution is -2.42. The van der Waals surface area contributed by atoms with E-state index in [-0.39, 0.29) is 24.4 Å². The number of rotatable bonds is 7. The van der Waals surface area contributed by atoms with Crippen molar-refractivity contribution in [3.63, 3.8) is 0 Å². The standard InChI is InChI=1S/C11H18N4O4/c1-15-6-7(13-11(15)19)5-8(10(17)18)14-9(16)3-2-4-12/h6,8H,2-5,12H2,1H3,(H,13,19)(H,14,16)(H,17,18)/t8-/m0/s1. The van der Waals surface area contributed by atoms with E-state index in [1.54, 1.807) is 7.05 Å². The number of nitrogens with one attached hydrogen (secondary N) is 2. The Morgan fingerprint density at radius 1 is 1.58 bits per heavy atom. The Kier molecular flexibility index (Phi) is 5.31. The number of hydrogen-bond donors (Lipinski definition) is 4. The van der Waals surface area contributed by atoms with Crippen molar-refractivity contribution in [3.8, 4) is 0 Å². The molecule has 1 heterocycles. The SMILES string of the molecule is Cn1cc(C[C@H](NC(=O)CCCN)C(=O)O)[nH]c1=O. The molecule has 8 heteroatoms. The molecule has 0 radical (unpaired) electrons. The minimum absolute atomic E-state index is 0.0276. The van der Waals surface area contributed by atoms with Crippen molar-refractivity contribution < 1.29 is 14.7 Å². The van der Waals surface area contributed by atoms with Crippen molar-refractivity contribution in [2.45, 2.75) is 25.3 Å². The molecule has 19 heavy (non-hydrogen) atoms. The highest BCUT2D eigenvalue weighted by molar-refractivity contribution is 5.83. The largest absolute Gasteiger partial charge is 0.480 e. The van der Waals surface area contributed by atoms with Crippen LogP contribution >= 0.6 is 0 Å². The molecule has 1 amide bonds. The van der Waals surface area contributed by atoms with Crippen LogP contribution in [0.25, 0.3) is 0 Å². The van der Waals surface area contributed by atoms with E-state index < -0.39 is 12.0 Å². The van der Waals surface area contributed by atoms with E-state index in [0.717, 1.165) is 0 Å². The van der Waals surface area contributed by atoms with E-state index in [2.05, 4.69) is 10.3 Å². The van der Waals surface area contributed by atoms with E-state index in [0.29, 0.717) is 18.7 Å². The first-order valence-corrected chi connectivity index (χ1v) is 5.90. The maximum atomic E-state index is 11.5. The zero-order valence-electron chi connectivity index (χ0n) is 10.7. The molecular formula is C11H18N4O4. The van der Waals surface area contributed by atoms with Crippen LogP contribution < -0.4 is 16.7 Å². The average Bonchev–Trinajstić information content (AvgIpc) is 2.65. The Bertz CT molecular complexity index is 505. The average molecular weight is 270 g/mol. The number of carbonyl (C=O) groups is 2. The first-order valence-electron chi connectivity index (χ1n) is 5.90. The van der Waals surface area contributed by atoms with Gasteiger partial charge >= 0.3 is 11.7 Å². The molecule has 0 unspecified atom stereocenters. The summed E-state index contributed by atoms with van der Waals surface area (Å²) in [6.07, 6.45) is 2.22. The van der Waals surface area contributed by atoms with Crippen molar-refractivity contribution >= 4 is 11.9 Å². The summed E-state index contributed by atoms with van der Waals surface area (Å²) in [6, 6.07) is -1.07. The topological polar surface area (TPSA) is 130 Å². The zero-order valence-corrected chi connectivity index (χ0v) is 10.7. The van der Waals surface area contributed by atoms with Crippen LogP contribution in [0.15, 0.2) is 11.0 Å². The Labute approximate surface area is 109 Å². The van der Waals surface area contributed by atoms with Gasteiger partial charge < -0.3 is 25.7 Å². The third-order valence-corrected chi connectivity index (χ3v) is 2.60. The predicted molar refractivity (Wildman–Crippen MR) is 67.6 cm³/mol. The number of carbonyl (C=O) groups excluding carboxylic acids is 1. The molecule has 1 atom stereocenters. The highest BCUT2D eigenvalue weighted by Crippen LogP contribution is 1.99. The highest BCUT2D eigenvalue weighted by atomic mass is 16.4. The van der Waals surface area contributed by atoms with Crippen LogP contribution in [0.2, 0.25) is 0 Å². The predicted octanol–water partition coefficient (Wildman–Crippen LogP) is -1.44. The molecule has 0 saturated heterocycles. The number of aryl methyl sites for hydroxylation is 1. The first-order chi connectivity index (χ1) is 8.93. The van der Waals surface area contributed by atoms with Gasteiger partial charge in [0.15, 0.2) is 0 Å². The number of aromatic nitrogens is 2. The number of H-pyrrole nitrogens is 1. The molecule has 0 saturated carbocycles. The van der Waals surface area contributed by atoms with Gasteiger partial charge in [-0.05, 0) is 13.0 Å². The fraction of sp³-hybridized carbons (Fsp3) is 0.545. The van der Waals surface area contributed by atoms with Gasteiger partial charge in [-0.25, -0.2) is 9.59 Å². The van der Waals surface area contributed by atoms with Crippen LogP contribution in [0.4, 0.5) is 0 Å². The molecule has 1 rings (SSSR count). The number of hydrogen-bond acceptors (Lipinski definition) is 4. The maximum Gasteiger partial charge on any atom is 0.326 e. The molecule has 8 nitrogen and oxygen atoms in total. The van der Waals surface area contributed by atoms with Crippen LogP contribution in [0.5, 0.6) is 0 Å². The maximum absolute atomic E-state index is 11.5. The molecule has 0 aliphatic carbocycles. The van der Waals surface area contributed by atoms with Gasteiger partial charge in [-0.2, -0.15) is 0 Å². The molecule has 5 N–H and O–H groups in total. The van der Waals surface area contributed by atoms with Crippen LogP contribution in [0.1, 0.15) is 18.5 Å². The summed E-state index contributed by atoms with van der Waals surface area (Å²) in [5, 5.41) is 11.4. The van der Waals surface area contributed by atoms with Gasteiger partial charge in [-0.15, -0.1) is 0 Å². The molecule has 0 aliphatic rings. The monoisotopic (exact) mass is 270 g/mol. The third kappa shape index (κ3) is 4.59. The Morgan fingerprint density at radius 3 is 2.74 bits per heavy atom. The third-order valence-electron chi connectivity index (χ3n) is 2.60. The van der Waals surface area contributed by atoms with Crippen molar-refractivity contribution in [2.75, 3.05) is 6.54 Å². The van der Waals surface area contributed by atoms with Gasteiger partial charge in [-0.3, -0.25) is 4.79 Å². The second kappa shape index (κ2) is 6.74. The van der Waals surface area contributed by atoms with Gasteiger partial charge in [0.1, 0.15) is 6.04 Å². The molecular weight excluding hydrogens is 252 g/mol. The summed E-state index contributed by atoms with van der Waals surface area (Å²) in [5.74, 6) is -1.51. The van der Waals surface area contributed by atoms with Gasteiger partial charge in [0, 0.05) is 31.8 Å². The fourth-order valence-corrected chi connectivity index (χ4v) is 1.60. The number of amides is 1. The normalized spacial score (nSPS) is 12.1. The van der Waals surface area contributed by atoms with E-state index in [9.17, 15) is 14.4 Å². The molecule has 0 aliphatic heterocycles. The minimum Gasteiger partial charge on any atom is -0.480 e. The summed E-state index contributed by atoms with van der Waals surface area (Å²) < 4.78 is 1.31. The van der Waals surface area contributed by atoms with E-state index in [4.69, 9.17) is 10.8 Å². The minimum atomic E-state index is -1.15. The van der Waals surface area contributed by atoms with Crippen LogP contribution in [0, 0.1) is 0 Å². The zero-order chi connectivity index (χ0) is 14.4. The van der Waals surface area contributed by atoms with E-state index >= 15 is 0 Å².